The minimum Gasteiger partial charge on any atom is -0.480 e. The third-order valence-electron chi connectivity index (χ3n) is 3.10. The van der Waals surface area contributed by atoms with E-state index in [-0.39, 0.29) is 6.04 Å². The molecule has 4 nitrogen and oxygen atoms in total. The molecule has 0 saturated heterocycles. The number of halogens is 2. The van der Waals surface area contributed by atoms with Gasteiger partial charge in [-0.05, 0) is 24.6 Å². The van der Waals surface area contributed by atoms with Gasteiger partial charge in [-0.25, -0.2) is 13.8 Å². The summed E-state index contributed by atoms with van der Waals surface area (Å²) in [6.07, 6.45) is 3.42. The molecule has 1 aromatic heterocycles. The smallest absolute Gasteiger partial charge is 0.237 e. The third-order valence-corrected chi connectivity index (χ3v) is 3.10. The summed E-state index contributed by atoms with van der Waals surface area (Å²) in [5, 5.41) is 3.22. The van der Waals surface area contributed by atoms with Gasteiger partial charge in [-0.1, -0.05) is 13.0 Å². The van der Waals surface area contributed by atoms with Crippen molar-refractivity contribution >= 4 is 0 Å². The van der Waals surface area contributed by atoms with Gasteiger partial charge in [0.1, 0.15) is 17.3 Å². The first-order valence-corrected chi connectivity index (χ1v) is 6.68. The van der Waals surface area contributed by atoms with Gasteiger partial charge in [-0.2, -0.15) is 0 Å². The van der Waals surface area contributed by atoms with Crippen LogP contribution in [0.1, 0.15) is 24.2 Å². The quantitative estimate of drug-likeness (QED) is 0.889. The van der Waals surface area contributed by atoms with Crippen molar-refractivity contribution in [3.8, 4) is 5.88 Å². The van der Waals surface area contributed by atoms with E-state index >= 15 is 0 Å². The fourth-order valence-electron chi connectivity index (χ4n) is 2.15. The molecule has 1 heterocycles. The van der Waals surface area contributed by atoms with Crippen molar-refractivity contribution < 1.29 is 13.5 Å². The van der Waals surface area contributed by atoms with Gasteiger partial charge >= 0.3 is 0 Å². The van der Waals surface area contributed by atoms with Gasteiger partial charge in [0.15, 0.2) is 0 Å². The Morgan fingerprint density at radius 3 is 2.67 bits per heavy atom. The number of rotatable bonds is 6. The molecule has 0 fully saturated rings. The Hall–Kier alpha value is -2.08. The molecule has 0 saturated carbocycles. The molecule has 1 N–H and O–H groups in total. The molecular formula is C15H17F2N3O. The number of methoxy groups -OCH3 is 1. The molecule has 1 atom stereocenters. The van der Waals surface area contributed by atoms with Gasteiger partial charge in [0.25, 0.3) is 0 Å². The van der Waals surface area contributed by atoms with Crippen molar-refractivity contribution in [2.45, 2.75) is 19.4 Å². The van der Waals surface area contributed by atoms with Crippen molar-refractivity contribution in [3.63, 3.8) is 0 Å². The predicted molar refractivity (Wildman–Crippen MR) is 75.1 cm³/mol. The number of nitrogens with one attached hydrogen (secondary N) is 1. The Labute approximate surface area is 122 Å². The summed E-state index contributed by atoms with van der Waals surface area (Å²) >= 11 is 0. The average molecular weight is 293 g/mol. The highest BCUT2D eigenvalue weighted by Crippen LogP contribution is 2.24. The summed E-state index contributed by atoms with van der Waals surface area (Å²) in [5.74, 6) is -0.764. The van der Waals surface area contributed by atoms with Crippen molar-refractivity contribution in [2.75, 3.05) is 13.7 Å². The maximum absolute atomic E-state index is 13.8. The fraction of sp³-hybridized carbons (Fsp3) is 0.333. The first kappa shape index (κ1) is 15.3. The first-order chi connectivity index (χ1) is 10.2. The maximum Gasteiger partial charge on any atom is 0.237 e. The summed E-state index contributed by atoms with van der Waals surface area (Å²) < 4.78 is 32.0. The summed E-state index contributed by atoms with van der Waals surface area (Å²) in [5.41, 5.74) is 1.01. The molecule has 0 bridgehead atoms. The molecule has 2 rings (SSSR count). The van der Waals surface area contributed by atoms with E-state index in [0.29, 0.717) is 30.1 Å². The van der Waals surface area contributed by atoms with Crippen LogP contribution in [0, 0.1) is 11.6 Å². The first-order valence-electron chi connectivity index (χ1n) is 6.68. The second kappa shape index (κ2) is 7.08. The van der Waals surface area contributed by atoms with Crippen LogP contribution in [0.4, 0.5) is 8.78 Å². The van der Waals surface area contributed by atoms with E-state index in [4.69, 9.17) is 4.74 Å². The average Bonchev–Trinajstić information content (AvgIpc) is 2.49. The lowest BCUT2D eigenvalue weighted by atomic mass is 10.0. The number of benzene rings is 1. The molecule has 0 aliphatic carbocycles. The second-order valence-corrected chi connectivity index (χ2v) is 4.50. The van der Waals surface area contributed by atoms with Crippen molar-refractivity contribution in [3.05, 3.63) is 53.5 Å². The number of aromatic nitrogens is 2. The summed E-state index contributed by atoms with van der Waals surface area (Å²) in [7, 11) is 1.51. The monoisotopic (exact) mass is 293 g/mol. The van der Waals surface area contributed by atoms with E-state index in [0.717, 1.165) is 6.07 Å². The fourth-order valence-corrected chi connectivity index (χ4v) is 2.15. The summed E-state index contributed by atoms with van der Waals surface area (Å²) in [4.78, 5) is 8.37. The molecule has 2 aromatic rings. The zero-order chi connectivity index (χ0) is 15.2. The molecular weight excluding hydrogens is 276 g/mol. The van der Waals surface area contributed by atoms with Crippen LogP contribution in [0.25, 0.3) is 0 Å². The van der Waals surface area contributed by atoms with E-state index in [2.05, 4.69) is 15.3 Å². The number of likely N-dealkylation sites (N-methyl/N-ethyl adjacent to an activating group) is 1. The summed E-state index contributed by atoms with van der Waals surface area (Å²) in [6, 6.07) is 3.30. The minimum absolute atomic E-state index is 0.265. The van der Waals surface area contributed by atoms with E-state index in [1.54, 1.807) is 6.20 Å². The van der Waals surface area contributed by atoms with Crippen LogP contribution in [0.15, 0.2) is 30.6 Å². The van der Waals surface area contributed by atoms with E-state index in [1.165, 1.54) is 25.4 Å². The Kier molecular flexibility index (Phi) is 5.16. The molecule has 0 aliphatic heterocycles. The van der Waals surface area contributed by atoms with Crippen molar-refractivity contribution in [2.24, 2.45) is 0 Å². The molecule has 0 radical (unpaired) electrons. The molecule has 0 spiro atoms. The lowest BCUT2D eigenvalue weighted by Gasteiger charge is -2.19. The van der Waals surface area contributed by atoms with E-state index < -0.39 is 11.6 Å². The largest absolute Gasteiger partial charge is 0.480 e. The lowest BCUT2D eigenvalue weighted by molar-refractivity contribution is 0.376. The second-order valence-electron chi connectivity index (χ2n) is 4.50. The van der Waals surface area contributed by atoms with Gasteiger partial charge in [0, 0.05) is 18.5 Å². The van der Waals surface area contributed by atoms with Crippen LogP contribution in [0.5, 0.6) is 5.88 Å². The lowest BCUT2D eigenvalue weighted by Crippen LogP contribution is -2.25. The molecule has 1 aromatic carbocycles. The van der Waals surface area contributed by atoms with E-state index in [9.17, 15) is 8.78 Å². The SMILES string of the molecule is CCNC(Cc1ccc(F)cc1F)c1nccnc1OC. The number of hydrogen-bond acceptors (Lipinski definition) is 4. The third kappa shape index (κ3) is 3.72. The molecule has 1 unspecified atom stereocenters. The van der Waals surface area contributed by atoms with Gasteiger partial charge in [-0.3, -0.25) is 4.98 Å². The van der Waals surface area contributed by atoms with Crippen LogP contribution >= 0.6 is 0 Å². The normalized spacial score (nSPS) is 12.2. The van der Waals surface area contributed by atoms with Crippen LogP contribution in [-0.4, -0.2) is 23.6 Å². The zero-order valence-corrected chi connectivity index (χ0v) is 11.9. The van der Waals surface area contributed by atoms with Crippen molar-refractivity contribution in [1.82, 2.24) is 15.3 Å². The van der Waals surface area contributed by atoms with Crippen LogP contribution in [0.3, 0.4) is 0 Å². The number of nitrogens with zero attached hydrogens (tertiary/aromatic N) is 2. The maximum atomic E-state index is 13.8. The van der Waals surface area contributed by atoms with Gasteiger partial charge in [0.2, 0.25) is 5.88 Å². The van der Waals surface area contributed by atoms with Gasteiger partial charge < -0.3 is 10.1 Å². The highest BCUT2D eigenvalue weighted by Gasteiger charge is 2.20. The van der Waals surface area contributed by atoms with Crippen LogP contribution in [-0.2, 0) is 6.42 Å². The topological polar surface area (TPSA) is 47.0 Å². The van der Waals surface area contributed by atoms with Gasteiger partial charge in [-0.15, -0.1) is 0 Å². The molecule has 0 amide bonds. The molecule has 21 heavy (non-hydrogen) atoms. The Bertz CT molecular complexity index is 607. The standard InChI is InChI=1S/C15H17F2N3O/c1-3-18-13(14-15(21-2)20-7-6-19-14)8-10-4-5-11(16)9-12(10)17/h4-7,9,13,18H,3,8H2,1-2H3. The zero-order valence-electron chi connectivity index (χ0n) is 11.9. The molecule has 112 valence electrons. The molecule has 6 heteroatoms. The Morgan fingerprint density at radius 2 is 2.00 bits per heavy atom. The number of ether oxygens (including phenoxy) is 1. The van der Waals surface area contributed by atoms with E-state index in [1.807, 2.05) is 6.92 Å². The Morgan fingerprint density at radius 1 is 1.24 bits per heavy atom. The molecule has 0 aliphatic rings. The predicted octanol–water partition coefficient (Wildman–Crippen LogP) is 2.66. The van der Waals surface area contributed by atoms with Crippen LogP contribution < -0.4 is 10.1 Å². The van der Waals surface area contributed by atoms with Crippen molar-refractivity contribution in [1.29, 1.82) is 0 Å². The Balaban J connectivity index is 2.30. The van der Waals surface area contributed by atoms with Crippen LogP contribution in [0.2, 0.25) is 0 Å². The highest BCUT2D eigenvalue weighted by molar-refractivity contribution is 5.26. The van der Waals surface area contributed by atoms with Gasteiger partial charge in [0.05, 0.1) is 13.2 Å². The minimum atomic E-state index is -0.590. The highest BCUT2D eigenvalue weighted by atomic mass is 19.1. The number of hydrogen-bond donors (Lipinski definition) is 1. The summed E-state index contributed by atoms with van der Waals surface area (Å²) in [6.45, 7) is 2.62.